The van der Waals surface area contributed by atoms with Crippen LogP contribution in [0.15, 0.2) is 64.2 Å². The zero-order chi connectivity index (χ0) is 22.7. The summed E-state index contributed by atoms with van der Waals surface area (Å²) in [6.45, 7) is 1.06. The molecule has 2 heterocycles. The van der Waals surface area contributed by atoms with Crippen LogP contribution in [0.5, 0.6) is 0 Å². The number of methoxy groups -OCH3 is 1. The van der Waals surface area contributed by atoms with E-state index in [4.69, 9.17) is 4.74 Å². The van der Waals surface area contributed by atoms with E-state index in [1.54, 1.807) is 23.8 Å². The number of ether oxygens (including phenoxy) is 1. The van der Waals surface area contributed by atoms with Crippen molar-refractivity contribution >= 4 is 16.9 Å². The van der Waals surface area contributed by atoms with Crippen molar-refractivity contribution in [3.63, 3.8) is 0 Å². The molecule has 4 aromatic rings. The Hall–Kier alpha value is -4.05. The van der Waals surface area contributed by atoms with Gasteiger partial charge in [0.15, 0.2) is 11.2 Å². The van der Waals surface area contributed by atoms with Gasteiger partial charge in [-0.25, -0.2) is 9.78 Å². The number of H-pyrrole nitrogens is 1. The Balaban J connectivity index is 1.96. The highest BCUT2D eigenvalue weighted by Gasteiger charge is 2.21. The topological polar surface area (TPSA) is 125 Å². The van der Waals surface area contributed by atoms with Crippen molar-refractivity contribution in [2.24, 2.45) is 0 Å². The number of hydrogen-bond acceptors (Lipinski definition) is 6. The number of nitro groups is 1. The first-order chi connectivity index (χ1) is 15.5. The van der Waals surface area contributed by atoms with Crippen LogP contribution in [0.4, 0.5) is 5.69 Å². The maximum Gasteiger partial charge on any atom is 0.330 e. The molecule has 10 nitrogen and oxygen atoms in total. The molecule has 164 valence electrons. The fourth-order valence-electron chi connectivity index (χ4n) is 3.65. The van der Waals surface area contributed by atoms with Gasteiger partial charge in [-0.1, -0.05) is 42.5 Å². The number of nitrogens with zero attached hydrogens (tertiary/aromatic N) is 4. The van der Waals surface area contributed by atoms with Gasteiger partial charge in [-0.2, -0.15) is 0 Å². The van der Waals surface area contributed by atoms with Gasteiger partial charge in [-0.05, 0) is 12.0 Å². The zero-order valence-electron chi connectivity index (χ0n) is 17.4. The van der Waals surface area contributed by atoms with Crippen LogP contribution < -0.4 is 11.2 Å². The standard InChI is InChI=1S/C22H21N5O5/c1-32-12-6-11-25-18-20(23-19(25)16-9-5-10-17(13-16)27(30)31)26(22(29)24-21(18)28)14-15-7-3-2-4-8-15/h2-5,7-10,13H,6,11-12,14H2,1H3,(H,24,28,29). The Morgan fingerprint density at radius 1 is 1.09 bits per heavy atom. The minimum atomic E-state index is -0.571. The molecule has 0 radical (unpaired) electrons. The van der Waals surface area contributed by atoms with Crippen LogP contribution in [0.1, 0.15) is 12.0 Å². The third-order valence-corrected chi connectivity index (χ3v) is 5.11. The second-order valence-corrected chi connectivity index (χ2v) is 7.24. The number of benzene rings is 2. The highest BCUT2D eigenvalue weighted by atomic mass is 16.6. The lowest BCUT2D eigenvalue weighted by Gasteiger charge is -2.09. The summed E-state index contributed by atoms with van der Waals surface area (Å²) in [6.07, 6.45) is 0.584. The summed E-state index contributed by atoms with van der Waals surface area (Å²) in [4.78, 5) is 43.3. The van der Waals surface area contributed by atoms with Crippen LogP contribution in [0.3, 0.4) is 0 Å². The quantitative estimate of drug-likeness (QED) is 0.258. The largest absolute Gasteiger partial charge is 0.385 e. The summed E-state index contributed by atoms with van der Waals surface area (Å²) in [6, 6.07) is 15.4. The highest BCUT2D eigenvalue weighted by molar-refractivity contribution is 5.77. The van der Waals surface area contributed by atoms with Crippen molar-refractivity contribution < 1.29 is 9.66 Å². The van der Waals surface area contributed by atoms with E-state index in [-0.39, 0.29) is 23.4 Å². The lowest BCUT2D eigenvalue weighted by molar-refractivity contribution is -0.384. The summed E-state index contributed by atoms with van der Waals surface area (Å²) >= 11 is 0. The van der Waals surface area contributed by atoms with Gasteiger partial charge >= 0.3 is 5.69 Å². The number of nitro benzene ring substituents is 1. The molecule has 0 saturated carbocycles. The number of nitrogens with one attached hydrogen (secondary N) is 1. The molecule has 1 N–H and O–H groups in total. The third kappa shape index (κ3) is 4.08. The first-order valence-electron chi connectivity index (χ1n) is 10.0. The van der Waals surface area contributed by atoms with Crippen molar-refractivity contribution in [1.29, 1.82) is 0 Å². The van der Waals surface area contributed by atoms with E-state index in [2.05, 4.69) is 9.97 Å². The number of rotatable bonds is 8. The molecule has 0 aliphatic rings. The first kappa shape index (κ1) is 21.2. The minimum absolute atomic E-state index is 0.0893. The summed E-state index contributed by atoms with van der Waals surface area (Å²) in [7, 11) is 1.58. The molecule has 0 unspecified atom stereocenters. The molecule has 0 atom stereocenters. The average molecular weight is 435 g/mol. The van der Waals surface area contributed by atoms with Gasteiger partial charge < -0.3 is 9.30 Å². The minimum Gasteiger partial charge on any atom is -0.385 e. The Bertz CT molecular complexity index is 1390. The zero-order valence-corrected chi connectivity index (χ0v) is 17.4. The monoisotopic (exact) mass is 435 g/mol. The van der Waals surface area contributed by atoms with Gasteiger partial charge in [0, 0.05) is 38.0 Å². The highest BCUT2D eigenvalue weighted by Crippen LogP contribution is 2.26. The van der Waals surface area contributed by atoms with Crippen molar-refractivity contribution in [3.05, 3.63) is 91.1 Å². The van der Waals surface area contributed by atoms with E-state index >= 15 is 0 Å². The fourth-order valence-corrected chi connectivity index (χ4v) is 3.65. The maximum absolute atomic E-state index is 12.8. The number of aryl methyl sites for hydroxylation is 1. The van der Waals surface area contributed by atoms with E-state index in [1.165, 1.54) is 16.7 Å². The van der Waals surface area contributed by atoms with Gasteiger partial charge in [-0.3, -0.25) is 24.5 Å². The molecule has 0 bridgehead atoms. The van der Waals surface area contributed by atoms with E-state index < -0.39 is 16.2 Å². The summed E-state index contributed by atoms with van der Waals surface area (Å²) in [5, 5.41) is 11.3. The lowest BCUT2D eigenvalue weighted by Crippen LogP contribution is -2.31. The smallest absolute Gasteiger partial charge is 0.330 e. The molecule has 10 heteroatoms. The van der Waals surface area contributed by atoms with Gasteiger partial charge in [0.25, 0.3) is 11.2 Å². The molecule has 0 aliphatic heterocycles. The average Bonchev–Trinajstić information content (AvgIpc) is 3.17. The molecule has 0 aliphatic carbocycles. The molecule has 0 fully saturated rings. The van der Waals surface area contributed by atoms with Crippen molar-refractivity contribution in [2.75, 3.05) is 13.7 Å². The van der Waals surface area contributed by atoms with E-state index in [0.717, 1.165) is 5.56 Å². The number of hydrogen-bond donors (Lipinski definition) is 1. The van der Waals surface area contributed by atoms with Gasteiger partial charge in [0.1, 0.15) is 5.82 Å². The van der Waals surface area contributed by atoms with Crippen LogP contribution >= 0.6 is 0 Å². The summed E-state index contributed by atoms with van der Waals surface area (Å²) < 4.78 is 8.23. The van der Waals surface area contributed by atoms with E-state index in [0.29, 0.717) is 31.0 Å². The molecule has 2 aromatic heterocycles. The molecule has 32 heavy (non-hydrogen) atoms. The van der Waals surface area contributed by atoms with Crippen LogP contribution in [0.25, 0.3) is 22.6 Å². The summed E-state index contributed by atoms with van der Waals surface area (Å²) in [5.74, 6) is 0.373. The van der Waals surface area contributed by atoms with Crippen LogP contribution in [-0.2, 0) is 17.8 Å². The second kappa shape index (κ2) is 8.98. The third-order valence-electron chi connectivity index (χ3n) is 5.11. The van der Waals surface area contributed by atoms with Gasteiger partial charge in [0.2, 0.25) is 0 Å². The molecular weight excluding hydrogens is 414 g/mol. The molecule has 4 rings (SSSR count). The molecule has 2 aromatic carbocycles. The van der Waals surface area contributed by atoms with Gasteiger partial charge in [0.05, 0.1) is 11.5 Å². The molecule has 0 amide bonds. The van der Waals surface area contributed by atoms with Crippen molar-refractivity contribution in [2.45, 2.75) is 19.5 Å². The van der Waals surface area contributed by atoms with Crippen molar-refractivity contribution in [3.8, 4) is 11.4 Å². The van der Waals surface area contributed by atoms with Crippen LogP contribution in [0.2, 0.25) is 0 Å². The normalized spacial score (nSPS) is 11.2. The van der Waals surface area contributed by atoms with E-state index in [9.17, 15) is 19.7 Å². The number of fused-ring (bicyclic) bond motifs is 1. The number of non-ortho nitro benzene ring substituents is 1. The number of imidazole rings is 1. The number of aromatic nitrogens is 4. The van der Waals surface area contributed by atoms with E-state index in [1.807, 2.05) is 30.3 Å². The fraction of sp³-hybridized carbons (Fsp3) is 0.227. The summed E-state index contributed by atoms with van der Waals surface area (Å²) in [5.41, 5.74) is 0.586. The first-order valence-corrected chi connectivity index (χ1v) is 10.0. The number of aromatic amines is 1. The second-order valence-electron chi connectivity index (χ2n) is 7.24. The van der Waals surface area contributed by atoms with Gasteiger partial charge in [-0.15, -0.1) is 0 Å². The van der Waals surface area contributed by atoms with Crippen molar-refractivity contribution in [1.82, 2.24) is 19.1 Å². The SMILES string of the molecule is COCCCn1c(-c2cccc([N+](=O)[O-])c2)nc2c1c(=O)[nH]c(=O)n2Cc1ccccc1. The molecule has 0 saturated heterocycles. The van der Waals surface area contributed by atoms with Crippen LogP contribution in [0, 0.1) is 10.1 Å². The predicted molar refractivity (Wildman–Crippen MR) is 119 cm³/mol. The van der Waals surface area contributed by atoms with Crippen LogP contribution in [-0.4, -0.2) is 37.7 Å². The Labute approximate surface area is 181 Å². The Morgan fingerprint density at radius 2 is 1.88 bits per heavy atom. The Morgan fingerprint density at radius 3 is 2.59 bits per heavy atom. The molecular formula is C22H21N5O5. The lowest BCUT2D eigenvalue weighted by atomic mass is 10.2. The molecule has 0 spiro atoms. The maximum atomic E-state index is 12.8. The Kier molecular flexibility index (Phi) is 5.95. The predicted octanol–water partition coefficient (Wildman–Crippen LogP) is 2.55.